The molecular formula is C18H20N2O4S. The number of amides is 1. The number of sulfonamides is 1. The monoisotopic (exact) mass is 360 g/mol. The van der Waals surface area contributed by atoms with Crippen LogP contribution in [-0.4, -0.2) is 27.5 Å². The molecule has 2 aromatic rings. The van der Waals surface area contributed by atoms with E-state index < -0.39 is 10.0 Å². The maximum Gasteiger partial charge on any atom is 0.262 e. The zero-order valence-corrected chi connectivity index (χ0v) is 15.1. The normalized spacial score (nSPS) is 16.4. The highest BCUT2D eigenvalue weighted by Crippen LogP contribution is 2.34. The van der Waals surface area contributed by atoms with Gasteiger partial charge in [-0.3, -0.25) is 9.52 Å². The van der Waals surface area contributed by atoms with Gasteiger partial charge in [-0.1, -0.05) is 12.1 Å². The van der Waals surface area contributed by atoms with Gasteiger partial charge in [-0.25, -0.2) is 8.42 Å². The van der Waals surface area contributed by atoms with Crippen molar-refractivity contribution in [3.8, 4) is 5.75 Å². The van der Waals surface area contributed by atoms with Crippen LogP contribution >= 0.6 is 0 Å². The van der Waals surface area contributed by atoms with E-state index in [1.165, 1.54) is 20.1 Å². The number of benzene rings is 2. The van der Waals surface area contributed by atoms with Crippen LogP contribution in [0.25, 0.3) is 0 Å². The molecule has 2 aromatic carbocycles. The molecule has 0 aliphatic carbocycles. The zero-order valence-electron chi connectivity index (χ0n) is 14.3. The lowest BCUT2D eigenvalue weighted by atomic mass is 10.1. The van der Waals surface area contributed by atoms with Crippen molar-refractivity contribution in [1.82, 2.24) is 0 Å². The van der Waals surface area contributed by atoms with Crippen molar-refractivity contribution in [3.63, 3.8) is 0 Å². The van der Waals surface area contributed by atoms with Crippen molar-refractivity contribution in [2.75, 3.05) is 16.7 Å². The molecule has 3 rings (SSSR count). The van der Waals surface area contributed by atoms with Crippen LogP contribution in [-0.2, 0) is 21.2 Å². The number of para-hydroxylation sites is 2. The van der Waals surface area contributed by atoms with E-state index >= 15 is 0 Å². The third-order valence-corrected chi connectivity index (χ3v) is 5.63. The number of fused-ring (bicyclic) bond motifs is 1. The number of anilines is 2. The van der Waals surface area contributed by atoms with Gasteiger partial charge in [0, 0.05) is 18.7 Å². The van der Waals surface area contributed by atoms with E-state index in [-0.39, 0.29) is 16.8 Å². The summed E-state index contributed by atoms with van der Waals surface area (Å²) in [5, 5.41) is 0. The number of nitrogens with one attached hydrogen (secondary N) is 1. The average Bonchev–Trinajstić information content (AvgIpc) is 2.90. The third-order valence-electron chi connectivity index (χ3n) is 4.27. The molecule has 0 saturated heterocycles. The Morgan fingerprint density at radius 1 is 1.24 bits per heavy atom. The highest BCUT2D eigenvalue weighted by atomic mass is 32.2. The lowest BCUT2D eigenvalue weighted by Gasteiger charge is -2.20. The number of hydrogen-bond acceptors (Lipinski definition) is 4. The number of carbonyl (C=O) groups is 1. The van der Waals surface area contributed by atoms with Crippen LogP contribution in [0.15, 0.2) is 47.4 Å². The van der Waals surface area contributed by atoms with E-state index in [1.807, 2.05) is 6.92 Å². The summed E-state index contributed by atoms with van der Waals surface area (Å²) in [7, 11) is -2.27. The maximum atomic E-state index is 12.7. The van der Waals surface area contributed by atoms with Crippen LogP contribution in [0.5, 0.6) is 5.75 Å². The van der Waals surface area contributed by atoms with E-state index in [9.17, 15) is 13.2 Å². The maximum absolute atomic E-state index is 12.7. The Balaban J connectivity index is 1.95. The molecule has 0 bridgehead atoms. The van der Waals surface area contributed by atoms with E-state index in [4.69, 9.17) is 4.74 Å². The zero-order chi connectivity index (χ0) is 18.2. The van der Waals surface area contributed by atoms with Crippen molar-refractivity contribution in [2.24, 2.45) is 0 Å². The summed E-state index contributed by atoms with van der Waals surface area (Å²) in [5.41, 5.74) is 2.01. The fourth-order valence-corrected chi connectivity index (χ4v) is 4.31. The van der Waals surface area contributed by atoms with Gasteiger partial charge in [-0.05, 0) is 49.2 Å². The van der Waals surface area contributed by atoms with Gasteiger partial charge < -0.3 is 9.64 Å². The van der Waals surface area contributed by atoms with Crippen LogP contribution < -0.4 is 14.4 Å². The quantitative estimate of drug-likeness (QED) is 0.910. The lowest BCUT2D eigenvalue weighted by Crippen LogP contribution is -2.33. The van der Waals surface area contributed by atoms with Gasteiger partial charge in [0.15, 0.2) is 0 Å². The number of rotatable bonds is 4. The van der Waals surface area contributed by atoms with Crippen LogP contribution in [0.1, 0.15) is 19.4 Å². The molecule has 1 amide bonds. The van der Waals surface area contributed by atoms with Crippen LogP contribution in [0.2, 0.25) is 0 Å². The SMILES string of the molecule is COc1ccccc1NS(=O)(=O)c1ccc2c(c1)C[C@H](C)N2C(C)=O. The van der Waals surface area contributed by atoms with Crippen LogP contribution in [0.3, 0.4) is 0 Å². The molecule has 1 atom stereocenters. The van der Waals surface area contributed by atoms with E-state index in [1.54, 1.807) is 41.3 Å². The van der Waals surface area contributed by atoms with E-state index in [0.717, 1.165) is 11.3 Å². The molecule has 1 aliphatic rings. The predicted molar refractivity (Wildman–Crippen MR) is 96.6 cm³/mol. The van der Waals surface area contributed by atoms with Gasteiger partial charge in [-0.2, -0.15) is 0 Å². The van der Waals surface area contributed by atoms with Gasteiger partial charge in [-0.15, -0.1) is 0 Å². The Morgan fingerprint density at radius 2 is 1.96 bits per heavy atom. The Bertz CT molecular complexity index is 924. The largest absolute Gasteiger partial charge is 0.495 e. The first kappa shape index (κ1) is 17.3. The number of carbonyl (C=O) groups excluding carboxylic acids is 1. The highest BCUT2D eigenvalue weighted by Gasteiger charge is 2.30. The standard InChI is InChI=1S/C18H20N2O4S/c1-12-10-14-11-15(8-9-17(14)20(12)13(2)21)25(22,23)19-16-6-4-5-7-18(16)24-3/h4-9,11-12,19H,10H2,1-3H3/t12-/m0/s1. The minimum Gasteiger partial charge on any atom is -0.495 e. The third kappa shape index (κ3) is 3.19. The Morgan fingerprint density at radius 3 is 2.64 bits per heavy atom. The first-order valence-electron chi connectivity index (χ1n) is 7.92. The number of hydrogen-bond donors (Lipinski definition) is 1. The van der Waals surface area contributed by atoms with Crippen molar-refractivity contribution >= 4 is 27.3 Å². The minimum atomic E-state index is -3.76. The first-order chi connectivity index (χ1) is 11.8. The second-order valence-electron chi connectivity index (χ2n) is 6.04. The smallest absolute Gasteiger partial charge is 0.262 e. The topological polar surface area (TPSA) is 75.7 Å². The molecule has 0 saturated carbocycles. The molecule has 1 heterocycles. The van der Waals surface area contributed by atoms with Crippen molar-refractivity contribution in [2.45, 2.75) is 31.2 Å². The fraction of sp³-hybridized carbons (Fsp3) is 0.278. The number of ether oxygens (including phenoxy) is 1. The molecule has 1 N–H and O–H groups in total. The molecule has 1 aliphatic heterocycles. The fourth-order valence-electron chi connectivity index (χ4n) is 3.19. The molecule has 0 fully saturated rings. The number of nitrogens with zero attached hydrogens (tertiary/aromatic N) is 1. The molecule has 7 heteroatoms. The summed E-state index contributed by atoms with van der Waals surface area (Å²) in [5.74, 6) is 0.401. The molecule has 25 heavy (non-hydrogen) atoms. The Hall–Kier alpha value is -2.54. The molecule has 132 valence electrons. The van der Waals surface area contributed by atoms with Crippen LogP contribution in [0.4, 0.5) is 11.4 Å². The summed E-state index contributed by atoms with van der Waals surface area (Å²) in [6.07, 6.45) is 0.632. The molecule has 0 radical (unpaired) electrons. The summed E-state index contributed by atoms with van der Waals surface area (Å²) in [6, 6.07) is 11.7. The van der Waals surface area contributed by atoms with Crippen molar-refractivity contribution in [1.29, 1.82) is 0 Å². The summed E-state index contributed by atoms with van der Waals surface area (Å²) < 4.78 is 33.2. The molecule has 0 unspecified atom stereocenters. The second kappa shape index (κ2) is 6.40. The summed E-state index contributed by atoms with van der Waals surface area (Å²) >= 11 is 0. The molecular weight excluding hydrogens is 340 g/mol. The molecule has 0 spiro atoms. The first-order valence-corrected chi connectivity index (χ1v) is 9.40. The van der Waals surface area contributed by atoms with Gasteiger partial charge in [0.1, 0.15) is 5.75 Å². The lowest BCUT2D eigenvalue weighted by molar-refractivity contribution is -0.116. The molecule has 0 aromatic heterocycles. The Labute approximate surface area is 147 Å². The highest BCUT2D eigenvalue weighted by molar-refractivity contribution is 7.92. The van der Waals surface area contributed by atoms with Gasteiger partial charge in [0.25, 0.3) is 10.0 Å². The van der Waals surface area contributed by atoms with Crippen LogP contribution in [0, 0.1) is 0 Å². The van der Waals surface area contributed by atoms with Gasteiger partial charge >= 0.3 is 0 Å². The van der Waals surface area contributed by atoms with E-state index in [0.29, 0.717) is 17.9 Å². The van der Waals surface area contributed by atoms with Gasteiger partial charge in [0.2, 0.25) is 5.91 Å². The Kier molecular flexibility index (Phi) is 4.43. The molecule has 6 nitrogen and oxygen atoms in total. The van der Waals surface area contributed by atoms with E-state index in [2.05, 4.69) is 4.72 Å². The summed E-state index contributed by atoms with van der Waals surface area (Å²) in [6.45, 7) is 3.46. The average molecular weight is 360 g/mol. The summed E-state index contributed by atoms with van der Waals surface area (Å²) in [4.78, 5) is 13.6. The predicted octanol–water partition coefficient (Wildman–Crippen LogP) is 2.79. The second-order valence-corrected chi connectivity index (χ2v) is 7.72. The number of methoxy groups -OCH3 is 1. The van der Waals surface area contributed by atoms with Crippen molar-refractivity contribution in [3.05, 3.63) is 48.0 Å². The van der Waals surface area contributed by atoms with Gasteiger partial charge in [0.05, 0.1) is 17.7 Å². The van der Waals surface area contributed by atoms with Crippen molar-refractivity contribution < 1.29 is 17.9 Å². The minimum absolute atomic E-state index is 0.0210.